The van der Waals surface area contributed by atoms with Crippen LogP contribution in [0.2, 0.25) is 0 Å². The molecule has 0 spiro atoms. The molecule has 1 aliphatic heterocycles. The molecule has 6 heteroatoms. The average molecular weight is 353 g/mol. The van der Waals surface area contributed by atoms with Crippen LogP contribution in [0.15, 0.2) is 59.7 Å². The van der Waals surface area contributed by atoms with Crippen LogP contribution in [0.1, 0.15) is 17.3 Å². The van der Waals surface area contributed by atoms with Gasteiger partial charge in [-0.2, -0.15) is 0 Å². The largest absolute Gasteiger partial charge is 0.379 e. The number of benzene rings is 1. The van der Waals surface area contributed by atoms with Crippen molar-refractivity contribution in [1.82, 2.24) is 15.2 Å². The minimum absolute atomic E-state index is 0.219. The van der Waals surface area contributed by atoms with Gasteiger partial charge in [0.2, 0.25) is 0 Å². The predicted octanol–water partition coefficient (Wildman–Crippen LogP) is 1.60. The first-order valence-corrected chi connectivity index (χ1v) is 9.13. The van der Waals surface area contributed by atoms with Gasteiger partial charge in [-0.15, -0.1) is 0 Å². The number of nitrogens with two attached hydrogens (primary N) is 1. The second kappa shape index (κ2) is 9.89. The first-order chi connectivity index (χ1) is 12.8. The second-order valence-corrected chi connectivity index (χ2v) is 6.30. The molecule has 1 aromatic heterocycles. The fraction of sp³-hybridized carbons (Fsp3) is 0.400. The number of hydrogen-bond acceptors (Lipinski definition) is 4. The Labute approximate surface area is 155 Å². The van der Waals surface area contributed by atoms with Crippen LogP contribution in [0.4, 0.5) is 0 Å². The van der Waals surface area contributed by atoms with E-state index in [1.165, 1.54) is 5.56 Å². The summed E-state index contributed by atoms with van der Waals surface area (Å²) in [6.07, 6.45) is 2.63. The van der Waals surface area contributed by atoms with Crippen LogP contribution in [0.5, 0.6) is 0 Å². The molecule has 3 rings (SSSR count). The van der Waals surface area contributed by atoms with Gasteiger partial charge in [0.15, 0.2) is 5.96 Å². The molecule has 1 saturated heterocycles. The van der Waals surface area contributed by atoms with Gasteiger partial charge >= 0.3 is 0 Å². The number of morpholine rings is 1. The fourth-order valence-electron chi connectivity index (χ4n) is 3.10. The summed E-state index contributed by atoms with van der Waals surface area (Å²) in [4.78, 5) is 11.3. The van der Waals surface area contributed by atoms with E-state index < -0.39 is 0 Å². The van der Waals surface area contributed by atoms with E-state index in [9.17, 15) is 0 Å². The van der Waals surface area contributed by atoms with E-state index in [0.717, 1.165) is 45.0 Å². The van der Waals surface area contributed by atoms with Crippen molar-refractivity contribution in [2.24, 2.45) is 10.7 Å². The Morgan fingerprint density at radius 2 is 1.92 bits per heavy atom. The topological polar surface area (TPSA) is 75.8 Å². The van der Waals surface area contributed by atoms with Gasteiger partial charge in [0.25, 0.3) is 0 Å². The van der Waals surface area contributed by atoms with Gasteiger partial charge in [0.05, 0.1) is 25.8 Å². The van der Waals surface area contributed by atoms with Gasteiger partial charge in [0, 0.05) is 37.9 Å². The number of guanidine groups is 1. The monoisotopic (exact) mass is 353 g/mol. The minimum Gasteiger partial charge on any atom is -0.379 e. The van der Waals surface area contributed by atoms with Crippen LogP contribution < -0.4 is 11.1 Å². The highest BCUT2D eigenvalue weighted by Crippen LogP contribution is 2.22. The number of hydrogen-bond donors (Lipinski definition) is 2. The number of aromatic nitrogens is 1. The Morgan fingerprint density at radius 1 is 1.15 bits per heavy atom. The standard InChI is InChI=1S/C20H27N5O/c21-20(23-11-9-18-8-4-5-10-22-18)24-16-19(17-6-2-1-3-7-17)25-12-14-26-15-13-25/h1-8,10,19H,9,11-16H2,(H3,21,23,24). The molecular formula is C20H27N5O. The molecule has 0 aliphatic carbocycles. The molecule has 1 aliphatic rings. The molecule has 1 fully saturated rings. The van der Waals surface area contributed by atoms with Gasteiger partial charge in [-0.3, -0.25) is 14.9 Å². The first kappa shape index (κ1) is 18.4. The molecule has 0 saturated carbocycles. The van der Waals surface area contributed by atoms with Crippen molar-refractivity contribution in [1.29, 1.82) is 0 Å². The Morgan fingerprint density at radius 3 is 2.65 bits per heavy atom. The van der Waals surface area contributed by atoms with E-state index in [-0.39, 0.29) is 6.04 Å². The van der Waals surface area contributed by atoms with Crippen LogP contribution in [0.3, 0.4) is 0 Å². The summed E-state index contributed by atoms with van der Waals surface area (Å²) in [5.41, 5.74) is 8.38. The summed E-state index contributed by atoms with van der Waals surface area (Å²) < 4.78 is 5.49. The first-order valence-electron chi connectivity index (χ1n) is 9.13. The van der Waals surface area contributed by atoms with Crippen LogP contribution in [0, 0.1) is 0 Å². The van der Waals surface area contributed by atoms with E-state index in [1.807, 2.05) is 24.3 Å². The zero-order valence-corrected chi connectivity index (χ0v) is 15.1. The molecule has 6 nitrogen and oxygen atoms in total. The normalized spacial score (nSPS) is 17.0. The van der Waals surface area contributed by atoms with E-state index in [1.54, 1.807) is 6.20 Å². The van der Waals surface area contributed by atoms with Crippen molar-refractivity contribution in [2.45, 2.75) is 12.5 Å². The lowest BCUT2D eigenvalue weighted by atomic mass is 10.1. The molecule has 1 atom stereocenters. The zero-order chi connectivity index (χ0) is 18.0. The number of nitrogens with one attached hydrogen (secondary N) is 1. The molecule has 3 N–H and O–H groups in total. The number of pyridine rings is 1. The average Bonchev–Trinajstić information content (AvgIpc) is 2.71. The molecule has 1 aromatic carbocycles. The molecule has 2 heterocycles. The lowest BCUT2D eigenvalue weighted by Crippen LogP contribution is -2.41. The summed E-state index contributed by atoms with van der Waals surface area (Å²) in [6.45, 7) is 4.73. The summed E-state index contributed by atoms with van der Waals surface area (Å²) in [7, 11) is 0. The van der Waals surface area contributed by atoms with E-state index in [0.29, 0.717) is 12.5 Å². The minimum atomic E-state index is 0.219. The SMILES string of the molecule is NC(=NCC(c1ccccc1)N1CCOCC1)NCCc1ccccn1. The highest BCUT2D eigenvalue weighted by atomic mass is 16.5. The van der Waals surface area contributed by atoms with Gasteiger partial charge in [-0.1, -0.05) is 36.4 Å². The van der Waals surface area contributed by atoms with E-state index in [2.05, 4.69) is 44.5 Å². The smallest absolute Gasteiger partial charge is 0.188 e. The molecule has 0 bridgehead atoms. The molecule has 1 unspecified atom stereocenters. The maximum Gasteiger partial charge on any atom is 0.188 e. The van der Waals surface area contributed by atoms with E-state index in [4.69, 9.17) is 10.5 Å². The summed E-state index contributed by atoms with van der Waals surface area (Å²) in [5, 5.41) is 3.19. The van der Waals surface area contributed by atoms with Gasteiger partial charge in [0.1, 0.15) is 0 Å². The van der Waals surface area contributed by atoms with Crippen LogP contribution >= 0.6 is 0 Å². The van der Waals surface area contributed by atoms with Gasteiger partial charge in [-0.05, 0) is 17.7 Å². The highest BCUT2D eigenvalue weighted by molar-refractivity contribution is 5.77. The molecule has 26 heavy (non-hydrogen) atoms. The third-order valence-corrected chi connectivity index (χ3v) is 4.52. The lowest BCUT2D eigenvalue weighted by molar-refractivity contribution is 0.0180. The molecule has 2 aromatic rings. The third-order valence-electron chi connectivity index (χ3n) is 4.52. The Balaban J connectivity index is 1.56. The fourth-order valence-corrected chi connectivity index (χ4v) is 3.10. The quantitative estimate of drug-likeness (QED) is 0.584. The second-order valence-electron chi connectivity index (χ2n) is 6.30. The predicted molar refractivity (Wildman–Crippen MR) is 104 cm³/mol. The number of aliphatic imine (C=N–C) groups is 1. The van der Waals surface area contributed by atoms with Crippen LogP contribution in [-0.4, -0.2) is 55.2 Å². The van der Waals surface area contributed by atoms with Crippen molar-refractivity contribution in [3.05, 3.63) is 66.0 Å². The Bertz CT molecular complexity index is 671. The maximum absolute atomic E-state index is 6.07. The van der Waals surface area contributed by atoms with Crippen molar-refractivity contribution < 1.29 is 4.74 Å². The third kappa shape index (κ3) is 5.54. The number of nitrogens with zero attached hydrogens (tertiary/aromatic N) is 3. The maximum atomic E-state index is 6.07. The Kier molecular flexibility index (Phi) is 6.98. The summed E-state index contributed by atoms with van der Waals surface area (Å²) in [6, 6.07) is 16.6. The van der Waals surface area contributed by atoms with Crippen LogP contribution in [0.25, 0.3) is 0 Å². The molecular weight excluding hydrogens is 326 g/mol. The Hall–Kier alpha value is -2.44. The van der Waals surface area contributed by atoms with Gasteiger partial charge in [-0.25, -0.2) is 0 Å². The van der Waals surface area contributed by atoms with Crippen LogP contribution in [-0.2, 0) is 11.2 Å². The van der Waals surface area contributed by atoms with Crippen molar-refractivity contribution >= 4 is 5.96 Å². The molecule has 0 amide bonds. The zero-order valence-electron chi connectivity index (χ0n) is 15.1. The number of ether oxygens (including phenoxy) is 1. The number of rotatable bonds is 7. The van der Waals surface area contributed by atoms with Crippen molar-refractivity contribution in [3.8, 4) is 0 Å². The summed E-state index contributed by atoms with van der Waals surface area (Å²) in [5.74, 6) is 0.482. The van der Waals surface area contributed by atoms with Gasteiger partial charge < -0.3 is 15.8 Å². The van der Waals surface area contributed by atoms with E-state index >= 15 is 0 Å². The highest BCUT2D eigenvalue weighted by Gasteiger charge is 2.22. The summed E-state index contributed by atoms with van der Waals surface area (Å²) >= 11 is 0. The van der Waals surface area contributed by atoms with Crippen molar-refractivity contribution in [2.75, 3.05) is 39.4 Å². The molecule has 0 radical (unpaired) electrons. The molecule has 138 valence electrons. The lowest BCUT2D eigenvalue weighted by Gasteiger charge is -2.34. The van der Waals surface area contributed by atoms with Crippen molar-refractivity contribution in [3.63, 3.8) is 0 Å².